The molecule has 2 nitrogen and oxygen atoms in total. The number of hydrogen-bond acceptors (Lipinski definition) is 2. The van der Waals surface area contributed by atoms with Crippen LogP contribution in [0.25, 0.3) is 0 Å². The summed E-state index contributed by atoms with van der Waals surface area (Å²) in [6, 6.07) is 0.722. The Morgan fingerprint density at radius 1 is 1.28 bits per heavy atom. The number of rotatable bonds is 8. The highest BCUT2D eigenvalue weighted by molar-refractivity contribution is 4.87. The molecule has 0 bridgehead atoms. The van der Waals surface area contributed by atoms with E-state index in [1.165, 1.54) is 44.9 Å². The van der Waals surface area contributed by atoms with E-state index in [4.69, 9.17) is 4.74 Å². The van der Waals surface area contributed by atoms with Gasteiger partial charge in [0.25, 0.3) is 0 Å². The van der Waals surface area contributed by atoms with E-state index in [1.54, 1.807) is 0 Å². The Balaban J connectivity index is 2.06. The fourth-order valence-corrected chi connectivity index (χ4v) is 2.86. The summed E-state index contributed by atoms with van der Waals surface area (Å²) >= 11 is 0. The Morgan fingerprint density at radius 2 is 2.11 bits per heavy atom. The molecule has 2 heteroatoms. The van der Waals surface area contributed by atoms with Gasteiger partial charge in [0.15, 0.2) is 0 Å². The van der Waals surface area contributed by atoms with Crippen molar-refractivity contribution in [3.63, 3.8) is 0 Å². The van der Waals surface area contributed by atoms with Crippen LogP contribution in [0.3, 0.4) is 0 Å². The molecule has 2 atom stereocenters. The van der Waals surface area contributed by atoms with Crippen molar-refractivity contribution in [3.05, 3.63) is 12.2 Å². The van der Waals surface area contributed by atoms with E-state index in [0.717, 1.165) is 30.7 Å². The van der Waals surface area contributed by atoms with Crippen LogP contribution in [0.15, 0.2) is 12.2 Å². The minimum atomic E-state index is 0.699. The maximum Gasteiger partial charge on any atom is 0.0672 e. The van der Waals surface area contributed by atoms with Gasteiger partial charge in [0.2, 0.25) is 0 Å². The van der Waals surface area contributed by atoms with Crippen molar-refractivity contribution in [1.29, 1.82) is 0 Å². The van der Waals surface area contributed by atoms with E-state index in [-0.39, 0.29) is 0 Å². The summed E-state index contributed by atoms with van der Waals surface area (Å²) in [5, 5.41) is 3.64. The van der Waals surface area contributed by atoms with Crippen LogP contribution in [-0.4, -0.2) is 25.8 Å². The zero-order valence-corrected chi connectivity index (χ0v) is 12.3. The van der Waals surface area contributed by atoms with Gasteiger partial charge < -0.3 is 10.1 Å². The lowest BCUT2D eigenvalue weighted by Crippen LogP contribution is -2.31. The second-order valence-electron chi connectivity index (χ2n) is 5.82. The van der Waals surface area contributed by atoms with Crippen LogP contribution in [0.4, 0.5) is 0 Å². The highest BCUT2D eigenvalue weighted by atomic mass is 16.5. The lowest BCUT2D eigenvalue weighted by molar-refractivity contribution is 0.154. The van der Waals surface area contributed by atoms with E-state index < -0.39 is 0 Å². The van der Waals surface area contributed by atoms with Gasteiger partial charge in [-0.15, -0.1) is 0 Å². The summed E-state index contributed by atoms with van der Waals surface area (Å²) < 4.78 is 5.52. The van der Waals surface area contributed by atoms with E-state index in [0.29, 0.717) is 6.61 Å². The second kappa shape index (κ2) is 9.57. The van der Waals surface area contributed by atoms with Gasteiger partial charge in [0.05, 0.1) is 13.2 Å². The normalized spacial score (nSPS) is 24.8. The molecule has 1 aliphatic carbocycles. The third-order valence-electron chi connectivity index (χ3n) is 3.81. The Labute approximate surface area is 113 Å². The summed E-state index contributed by atoms with van der Waals surface area (Å²) in [7, 11) is 0. The van der Waals surface area contributed by atoms with Crippen molar-refractivity contribution < 1.29 is 4.74 Å². The topological polar surface area (TPSA) is 21.3 Å². The molecule has 0 heterocycles. The van der Waals surface area contributed by atoms with Crippen molar-refractivity contribution in [2.45, 2.75) is 64.8 Å². The summed E-state index contributed by atoms with van der Waals surface area (Å²) in [4.78, 5) is 0. The fraction of sp³-hybridized carbons (Fsp3) is 0.875. The fourth-order valence-electron chi connectivity index (χ4n) is 2.86. The Hall–Kier alpha value is -0.340. The third kappa shape index (κ3) is 7.17. The molecule has 0 radical (unpaired) electrons. The average Bonchev–Trinajstić information content (AvgIpc) is 2.55. The smallest absolute Gasteiger partial charge is 0.0672 e. The molecule has 1 fully saturated rings. The maximum absolute atomic E-state index is 5.52. The second-order valence-corrected chi connectivity index (χ2v) is 5.82. The van der Waals surface area contributed by atoms with Gasteiger partial charge >= 0.3 is 0 Å². The van der Waals surface area contributed by atoms with Crippen molar-refractivity contribution in [3.8, 4) is 0 Å². The van der Waals surface area contributed by atoms with Crippen molar-refractivity contribution >= 4 is 0 Å². The molecule has 18 heavy (non-hydrogen) atoms. The van der Waals surface area contributed by atoms with Gasteiger partial charge in [-0.25, -0.2) is 0 Å². The first-order valence-electron chi connectivity index (χ1n) is 7.68. The molecule has 0 saturated heterocycles. The van der Waals surface area contributed by atoms with Gasteiger partial charge in [-0.1, -0.05) is 44.8 Å². The predicted molar refractivity (Wildman–Crippen MR) is 78.9 cm³/mol. The molecule has 1 aliphatic rings. The minimum absolute atomic E-state index is 0.699. The summed E-state index contributed by atoms with van der Waals surface area (Å²) in [5.41, 5.74) is 1.10. The largest absolute Gasteiger partial charge is 0.376 e. The predicted octanol–water partition coefficient (Wildman–Crippen LogP) is 3.92. The third-order valence-corrected chi connectivity index (χ3v) is 3.81. The van der Waals surface area contributed by atoms with E-state index in [9.17, 15) is 0 Å². The van der Waals surface area contributed by atoms with Gasteiger partial charge in [-0.3, -0.25) is 0 Å². The molecule has 0 aromatic heterocycles. The zero-order valence-electron chi connectivity index (χ0n) is 12.3. The van der Waals surface area contributed by atoms with Gasteiger partial charge in [-0.2, -0.15) is 0 Å². The molecule has 106 valence electrons. The van der Waals surface area contributed by atoms with Crippen LogP contribution in [0, 0.1) is 5.92 Å². The molecule has 1 rings (SSSR count). The first-order valence-corrected chi connectivity index (χ1v) is 7.68. The summed E-state index contributed by atoms with van der Waals surface area (Å²) in [6.07, 6.45) is 9.73. The zero-order chi connectivity index (χ0) is 13.2. The molecular formula is C16H31NO. The van der Waals surface area contributed by atoms with Gasteiger partial charge in [-0.05, 0) is 32.1 Å². The number of hydrogen-bond donors (Lipinski definition) is 1. The highest BCUT2D eigenvalue weighted by Crippen LogP contribution is 2.26. The van der Waals surface area contributed by atoms with Crippen LogP contribution in [0.5, 0.6) is 0 Å². The van der Waals surface area contributed by atoms with Crippen molar-refractivity contribution in [2.24, 2.45) is 5.92 Å². The van der Waals surface area contributed by atoms with Crippen molar-refractivity contribution in [2.75, 3.05) is 19.8 Å². The summed E-state index contributed by atoms with van der Waals surface area (Å²) in [5.74, 6) is 0.987. The highest BCUT2D eigenvalue weighted by Gasteiger charge is 2.17. The Morgan fingerprint density at radius 3 is 2.83 bits per heavy atom. The van der Waals surface area contributed by atoms with Crippen molar-refractivity contribution in [1.82, 2.24) is 5.32 Å². The minimum Gasteiger partial charge on any atom is -0.376 e. The Kier molecular flexibility index (Phi) is 8.36. The van der Waals surface area contributed by atoms with Crippen LogP contribution in [-0.2, 0) is 4.74 Å². The van der Waals surface area contributed by atoms with E-state index in [1.807, 2.05) is 6.92 Å². The number of ether oxygens (including phenoxy) is 1. The molecule has 0 aromatic carbocycles. The quantitative estimate of drug-likeness (QED) is 0.402. The SMILES string of the molecule is C=C(C)COCCNC1CCCC(CCC)CC1. The molecule has 0 spiro atoms. The Bertz CT molecular complexity index is 227. The van der Waals surface area contributed by atoms with E-state index >= 15 is 0 Å². The molecule has 1 saturated carbocycles. The standard InChI is InChI=1S/C16H31NO/c1-4-6-15-7-5-8-16(10-9-15)17-11-12-18-13-14(2)3/h15-17H,2,4-13H2,1,3H3. The number of nitrogens with one attached hydrogen (secondary N) is 1. The van der Waals surface area contributed by atoms with E-state index in [2.05, 4.69) is 18.8 Å². The average molecular weight is 253 g/mol. The first kappa shape index (κ1) is 15.7. The molecule has 0 aromatic rings. The van der Waals surface area contributed by atoms with Crippen LogP contribution in [0.1, 0.15) is 58.8 Å². The molecule has 0 amide bonds. The lowest BCUT2D eigenvalue weighted by atomic mass is 9.95. The van der Waals surface area contributed by atoms with Crippen LogP contribution < -0.4 is 5.32 Å². The molecule has 0 aliphatic heterocycles. The first-order chi connectivity index (χ1) is 8.72. The molecular weight excluding hydrogens is 222 g/mol. The maximum atomic E-state index is 5.52. The molecule has 2 unspecified atom stereocenters. The monoisotopic (exact) mass is 253 g/mol. The lowest BCUT2D eigenvalue weighted by Gasteiger charge is -2.16. The van der Waals surface area contributed by atoms with Gasteiger partial charge in [0, 0.05) is 12.6 Å². The summed E-state index contributed by atoms with van der Waals surface area (Å²) in [6.45, 7) is 10.6. The van der Waals surface area contributed by atoms with Gasteiger partial charge in [0.1, 0.15) is 0 Å². The van der Waals surface area contributed by atoms with Crippen LogP contribution in [0.2, 0.25) is 0 Å². The molecule has 1 N–H and O–H groups in total. The van der Waals surface area contributed by atoms with Crippen LogP contribution >= 0.6 is 0 Å².